The molecule has 1 aromatic carbocycles. The Kier molecular flexibility index (Phi) is 4.63. The van der Waals surface area contributed by atoms with Crippen molar-refractivity contribution >= 4 is 23.5 Å². The average Bonchev–Trinajstić information content (AvgIpc) is 3.22. The van der Waals surface area contributed by atoms with E-state index in [1.807, 2.05) is 4.90 Å². The summed E-state index contributed by atoms with van der Waals surface area (Å²) < 4.78 is 0. The maximum Gasteiger partial charge on any atom is 0.311 e. The SMILES string of the molecule is O=C(CN1C[C@@H]2CCC[C@@]2(C(=O)O)C1)Nc1cccc(C(=O)NC2CC2)c1. The van der Waals surface area contributed by atoms with Crippen molar-refractivity contribution in [3.8, 4) is 0 Å². The van der Waals surface area contributed by atoms with Crippen molar-refractivity contribution in [2.24, 2.45) is 11.3 Å². The van der Waals surface area contributed by atoms with Gasteiger partial charge in [0.25, 0.3) is 5.91 Å². The minimum Gasteiger partial charge on any atom is -0.481 e. The Hall–Kier alpha value is -2.41. The molecule has 3 aliphatic rings. The number of hydrogen-bond acceptors (Lipinski definition) is 4. The number of benzene rings is 1. The van der Waals surface area contributed by atoms with Crippen molar-refractivity contribution in [2.75, 3.05) is 25.0 Å². The van der Waals surface area contributed by atoms with E-state index in [1.165, 1.54) is 0 Å². The largest absolute Gasteiger partial charge is 0.481 e. The van der Waals surface area contributed by atoms with Gasteiger partial charge in [0.1, 0.15) is 0 Å². The first kappa shape index (κ1) is 18.0. The van der Waals surface area contributed by atoms with Crippen LogP contribution >= 0.6 is 0 Å². The monoisotopic (exact) mass is 371 g/mol. The molecule has 0 unspecified atom stereocenters. The van der Waals surface area contributed by atoms with Crippen LogP contribution in [0.3, 0.4) is 0 Å². The van der Waals surface area contributed by atoms with Crippen LogP contribution in [0, 0.1) is 11.3 Å². The van der Waals surface area contributed by atoms with Crippen molar-refractivity contribution in [3.63, 3.8) is 0 Å². The number of rotatable bonds is 6. The lowest BCUT2D eigenvalue weighted by Gasteiger charge is -2.23. The Balaban J connectivity index is 1.35. The van der Waals surface area contributed by atoms with Crippen molar-refractivity contribution < 1.29 is 19.5 Å². The minimum absolute atomic E-state index is 0.121. The summed E-state index contributed by atoms with van der Waals surface area (Å²) in [6, 6.07) is 7.19. The van der Waals surface area contributed by atoms with Gasteiger partial charge in [0.15, 0.2) is 0 Å². The number of likely N-dealkylation sites (tertiary alicyclic amines) is 1. The molecule has 1 aliphatic heterocycles. The van der Waals surface area contributed by atoms with E-state index >= 15 is 0 Å². The third-order valence-corrected chi connectivity index (χ3v) is 6.06. The third-order valence-electron chi connectivity index (χ3n) is 6.06. The number of hydrogen-bond donors (Lipinski definition) is 3. The number of nitrogens with one attached hydrogen (secondary N) is 2. The fourth-order valence-corrected chi connectivity index (χ4v) is 4.50. The van der Waals surface area contributed by atoms with E-state index in [-0.39, 0.29) is 30.3 Å². The number of nitrogens with zero attached hydrogens (tertiary/aromatic N) is 1. The van der Waals surface area contributed by atoms with Crippen LogP contribution in [0.5, 0.6) is 0 Å². The Bertz CT molecular complexity index is 776. The number of carboxylic acids is 1. The van der Waals surface area contributed by atoms with E-state index in [9.17, 15) is 19.5 Å². The first-order valence-corrected chi connectivity index (χ1v) is 9.63. The summed E-state index contributed by atoms with van der Waals surface area (Å²) >= 11 is 0. The van der Waals surface area contributed by atoms with Crippen LogP contribution in [0.4, 0.5) is 5.69 Å². The number of carbonyl (C=O) groups is 3. The molecule has 144 valence electrons. The van der Waals surface area contributed by atoms with E-state index in [1.54, 1.807) is 24.3 Å². The van der Waals surface area contributed by atoms with Crippen LogP contribution in [0.2, 0.25) is 0 Å². The van der Waals surface area contributed by atoms with Gasteiger partial charge in [-0.1, -0.05) is 12.5 Å². The molecule has 0 bridgehead atoms. The predicted octanol–water partition coefficient (Wildman–Crippen LogP) is 1.70. The lowest BCUT2D eigenvalue weighted by Crippen LogP contribution is -2.37. The van der Waals surface area contributed by atoms with Crippen molar-refractivity contribution in [1.29, 1.82) is 0 Å². The van der Waals surface area contributed by atoms with Gasteiger partial charge in [-0.05, 0) is 49.8 Å². The molecule has 0 radical (unpaired) electrons. The topological polar surface area (TPSA) is 98.7 Å². The molecule has 0 aromatic heterocycles. The van der Waals surface area contributed by atoms with Crippen LogP contribution in [-0.2, 0) is 9.59 Å². The first-order chi connectivity index (χ1) is 13.0. The molecule has 1 saturated heterocycles. The second-order valence-electron chi connectivity index (χ2n) is 8.10. The highest BCUT2D eigenvalue weighted by Gasteiger charge is 2.54. The quantitative estimate of drug-likeness (QED) is 0.707. The predicted molar refractivity (Wildman–Crippen MR) is 99.4 cm³/mol. The molecule has 2 amide bonds. The van der Waals surface area contributed by atoms with E-state index in [0.717, 1.165) is 25.7 Å². The number of carbonyl (C=O) groups excluding carboxylic acids is 2. The second kappa shape index (κ2) is 6.96. The first-order valence-electron chi connectivity index (χ1n) is 9.63. The van der Waals surface area contributed by atoms with E-state index in [0.29, 0.717) is 30.8 Å². The third kappa shape index (κ3) is 3.69. The Morgan fingerprint density at radius 2 is 2.04 bits per heavy atom. The standard InChI is InChI=1S/C20H25N3O4/c24-17(11-23-10-14-4-2-8-20(14,12-23)19(26)27)21-16-5-1-3-13(9-16)18(25)22-15-6-7-15/h1,3,5,9,14-15H,2,4,6-8,10-12H2,(H,21,24)(H,22,25)(H,26,27)/t14-,20+/m0/s1. The van der Waals surface area contributed by atoms with Crippen molar-refractivity contribution in [3.05, 3.63) is 29.8 Å². The van der Waals surface area contributed by atoms with Gasteiger partial charge in [-0.2, -0.15) is 0 Å². The summed E-state index contributed by atoms with van der Waals surface area (Å²) in [5.74, 6) is -0.904. The van der Waals surface area contributed by atoms with Crippen molar-refractivity contribution in [2.45, 2.75) is 38.1 Å². The fourth-order valence-electron chi connectivity index (χ4n) is 4.50. The van der Waals surface area contributed by atoms with E-state index in [4.69, 9.17) is 0 Å². The minimum atomic E-state index is -0.734. The molecule has 7 nitrogen and oxygen atoms in total. The van der Waals surface area contributed by atoms with Gasteiger partial charge in [-0.25, -0.2) is 0 Å². The molecule has 3 fully saturated rings. The highest BCUT2D eigenvalue weighted by atomic mass is 16.4. The average molecular weight is 371 g/mol. The van der Waals surface area contributed by atoms with E-state index < -0.39 is 11.4 Å². The van der Waals surface area contributed by atoms with Crippen LogP contribution in [-0.4, -0.2) is 53.5 Å². The van der Waals surface area contributed by atoms with Gasteiger partial charge >= 0.3 is 5.97 Å². The smallest absolute Gasteiger partial charge is 0.311 e. The fraction of sp³-hybridized carbons (Fsp3) is 0.550. The summed E-state index contributed by atoms with van der Waals surface area (Å²) in [6.45, 7) is 1.26. The van der Waals surface area contributed by atoms with Crippen LogP contribution in [0.15, 0.2) is 24.3 Å². The molecular formula is C20H25N3O4. The summed E-state index contributed by atoms with van der Waals surface area (Å²) in [7, 11) is 0. The molecule has 27 heavy (non-hydrogen) atoms. The zero-order valence-electron chi connectivity index (χ0n) is 15.2. The number of fused-ring (bicyclic) bond motifs is 1. The lowest BCUT2D eigenvalue weighted by molar-refractivity contribution is -0.149. The molecule has 1 heterocycles. The number of carboxylic acid groups (broad SMARTS) is 1. The molecule has 2 aliphatic carbocycles. The summed E-state index contributed by atoms with van der Waals surface area (Å²) in [6.07, 6.45) is 4.62. The zero-order chi connectivity index (χ0) is 19.0. The molecule has 1 aromatic rings. The van der Waals surface area contributed by atoms with Gasteiger partial charge in [-0.3, -0.25) is 19.3 Å². The number of aliphatic carboxylic acids is 1. The Morgan fingerprint density at radius 3 is 2.74 bits per heavy atom. The van der Waals surface area contributed by atoms with E-state index in [2.05, 4.69) is 10.6 Å². The maximum absolute atomic E-state index is 12.4. The lowest BCUT2D eigenvalue weighted by atomic mass is 9.81. The summed E-state index contributed by atoms with van der Waals surface area (Å²) in [5, 5.41) is 15.4. The number of anilines is 1. The molecule has 2 saturated carbocycles. The Morgan fingerprint density at radius 1 is 1.22 bits per heavy atom. The molecule has 3 N–H and O–H groups in total. The van der Waals surface area contributed by atoms with Crippen LogP contribution in [0.25, 0.3) is 0 Å². The Labute approximate surface area is 158 Å². The second-order valence-corrected chi connectivity index (χ2v) is 8.10. The van der Waals surface area contributed by atoms with Crippen LogP contribution in [0.1, 0.15) is 42.5 Å². The van der Waals surface area contributed by atoms with Gasteiger partial charge in [0.05, 0.1) is 12.0 Å². The molecule has 0 spiro atoms. The highest BCUT2D eigenvalue weighted by molar-refractivity contribution is 5.97. The normalized spacial score (nSPS) is 27.2. The zero-order valence-corrected chi connectivity index (χ0v) is 15.2. The summed E-state index contributed by atoms with van der Waals surface area (Å²) in [5.41, 5.74) is 0.428. The maximum atomic E-state index is 12.4. The molecule has 4 rings (SSSR count). The van der Waals surface area contributed by atoms with Crippen LogP contribution < -0.4 is 10.6 Å². The molecule has 2 atom stereocenters. The highest BCUT2D eigenvalue weighted by Crippen LogP contribution is 2.48. The molecule has 7 heteroatoms. The van der Waals surface area contributed by atoms with Gasteiger partial charge in [0, 0.05) is 30.4 Å². The number of amides is 2. The summed E-state index contributed by atoms with van der Waals surface area (Å²) in [4.78, 5) is 38.3. The van der Waals surface area contributed by atoms with Gasteiger partial charge < -0.3 is 15.7 Å². The van der Waals surface area contributed by atoms with Gasteiger partial charge in [-0.15, -0.1) is 0 Å². The molecular weight excluding hydrogens is 346 g/mol. The van der Waals surface area contributed by atoms with Gasteiger partial charge in [0.2, 0.25) is 5.91 Å². The van der Waals surface area contributed by atoms with Crippen molar-refractivity contribution in [1.82, 2.24) is 10.2 Å².